The Morgan fingerprint density at radius 3 is 2.23 bits per heavy atom. The minimum Gasteiger partial charge on any atom is -0.371 e. The number of aryl methyl sites for hydroxylation is 2. The SMILES string of the molecule is CCN(CC)CCN(C)Cc1ccccc1C(=O)Nc1cc(C(=O)Nc2ncc(-c3ccc(C)c(C)c3)cn2)cc(N2CCCCC2)c1. The predicted octanol–water partition coefficient (Wildman–Crippen LogP) is 7.03. The van der Waals surface area contributed by atoms with Crippen LogP contribution < -0.4 is 15.5 Å². The van der Waals surface area contributed by atoms with Gasteiger partial charge in [-0.3, -0.25) is 14.9 Å². The first kappa shape index (κ1) is 34.7. The summed E-state index contributed by atoms with van der Waals surface area (Å²) in [5.74, 6) is -0.311. The van der Waals surface area contributed by atoms with Crippen LogP contribution in [0.15, 0.2) is 73.1 Å². The van der Waals surface area contributed by atoms with E-state index in [-0.39, 0.29) is 17.8 Å². The number of hydrogen-bond acceptors (Lipinski definition) is 7. The highest BCUT2D eigenvalue weighted by atomic mass is 16.2. The number of amides is 2. The van der Waals surface area contributed by atoms with Crippen LogP contribution in [0.4, 0.5) is 17.3 Å². The quantitative estimate of drug-likeness (QED) is 0.161. The molecule has 9 heteroatoms. The first-order valence-electron chi connectivity index (χ1n) is 17.1. The Labute approximate surface area is 285 Å². The number of nitrogens with zero attached hydrogens (tertiary/aromatic N) is 5. The molecule has 3 aromatic carbocycles. The van der Waals surface area contributed by atoms with E-state index in [1.54, 1.807) is 18.5 Å². The van der Waals surface area contributed by atoms with Gasteiger partial charge >= 0.3 is 0 Å². The van der Waals surface area contributed by atoms with Gasteiger partial charge in [0.25, 0.3) is 11.8 Å². The third kappa shape index (κ3) is 9.05. The third-order valence-corrected chi connectivity index (χ3v) is 9.27. The van der Waals surface area contributed by atoms with Crippen LogP contribution in [-0.2, 0) is 6.54 Å². The van der Waals surface area contributed by atoms with E-state index in [0.29, 0.717) is 23.4 Å². The molecule has 1 aliphatic heterocycles. The summed E-state index contributed by atoms with van der Waals surface area (Å²) < 4.78 is 0. The highest BCUT2D eigenvalue weighted by Crippen LogP contribution is 2.27. The topological polar surface area (TPSA) is 93.7 Å². The zero-order valence-electron chi connectivity index (χ0n) is 29.1. The molecular weight excluding hydrogens is 598 g/mol. The summed E-state index contributed by atoms with van der Waals surface area (Å²) in [6, 6.07) is 19.6. The number of anilines is 3. The number of carbonyl (C=O) groups excluding carboxylic acids is 2. The van der Waals surface area contributed by atoms with E-state index in [4.69, 9.17) is 0 Å². The lowest BCUT2D eigenvalue weighted by molar-refractivity contribution is 0.101. The van der Waals surface area contributed by atoms with E-state index in [1.807, 2.05) is 42.5 Å². The van der Waals surface area contributed by atoms with E-state index in [9.17, 15) is 9.59 Å². The maximum Gasteiger partial charge on any atom is 0.258 e. The molecule has 2 N–H and O–H groups in total. The second-order valence-electron chi connectivity index (χ2n) is 12.7. The maximum atomic E-state index is 13.8. The van der Waals surface area contributed by atoms with Gasteiger partial charge in [-0.25, -0.2) is 9.97 Å². The minimum absolute atomic E-state index is 0.199. The number of carbonyl (C=O) groups is 2. The summed E-state index contributed by atoms with van der Waals surface area (Å²) in [5.41, 5.74) is 7.83. The molecule has 5 rings (SSSR count). The van der Waals surface area contributed by atoms with Gasteiger partial charge in [-0.1, -0.05) is 50.2 Å². The fourth-order valence-corrected chi connectivity index (χ4v) is 6.09. The fraction of sp³-hybridized carbons (Fsp3) is 0.385. The molecule has 9 nitrogen and oxygen atoms in total. The van der Waals surface area contributed by atoms with Crippen molar-refractivity contribution in [3.05, 3.63) is 101 Å². The normalized spacial score (nSPS) is 13.2. The summed E-state index contributed by atoms with van der Waals surface area (Å²) in [5, 5.41) is 5.97. The van der Waals surface area contributed by atoms with Gasteiger partial charge in [0, 0.05) is 73.2 Å². The molecular formula is C39H49N7O2. The van der Waals surface area contributed by atoms with Gasteiger partial charge in [0.2, 0.25) is 5.95 Å². The molecule has 1 saturated heterocycles. The van der Waals surface area contributed by atoms with Gasteiger partial charge in [-0.2, -0.15) is 0 Å². The van der Waals surface area contributed by atoms with Gasteiger partial charge in [-0.15, -0.1) is 0 Å². The number of likely N-dealkylation sites (N-methyl/N-ethyl adjacent to an activating group) is 2. The molecule has 0 bridgehead atoms. The smallest absolute Gasteiger partial charge is 0.258 e. The largest absolute Gasteiger partial charge is 0.371 e. The lowest BCUT2D eigenvalue weighted by Crippen LogP contribution is -2.33. The Hall–Kier alpha value is -4.60. The van der Waals surface area contributed by atoms with Crippen molar-refractivity contribution in [3.8, 4) is 11.1 Å². The number of piperidine rings is 1. The zero-order chi connectivity index (χ0) is 34.0. The van der Waals surface area contributed by atoms with Gasteiger partial charge in [0.05, 0.1) is 0 Å². The summed E-state index contributed by atoms with van der Waals surface area (Å²) in [6.07, 6.45) is 6.82. The van der Waals surface area contributed by atoms with Crippen molar-refractivity contribution in [1.82, 2.24) is 19.8 Å². The molecule has 0 unspecified atom stereocenters. The van der Waals surface area contributed by atoms with E-state index in [1.165, 1.54) is 17.5 Å². The standard InChI is InChI=1S/C39H49N7O2/c1-6-45(7-2)20-19-44(5)27-31-13-9-10-14-36(31)38(48)42-34-22-32(23-35(24-34)46-17-11-8-12-18-46)37(47)43-39-40-25-33(26-41-39)30-16-15-28(3)29(4)21-30/h9-10,13-16,21-26H,6-8,11-12,17-20,27H2,1-5H3,(H,42,48)(H,40,41,43,47). The molecule has 48 heavy (non-hydrogen) atoms. The Morgan fingerprint density at radius 1 is 0.792 bits per heavy atom. The monoisotopic (exact) mass is 647 g/mol. The van der Waals surface area contributed by atoms with Crippen LogP contribution >= 0.6 is 0 Å². The third-order valence-electron chi connectivity index (χ3n) is 9.27. The molecule has 2 heterocycles. The lowest BCUT2D eigenvalue weighted by atomic mass is 10.0. The second-order valence-corrected chi connectivity index (χ2v) is 12.7. The van der Waals surface area contributed by atoms with Crippen LogP contribution in [0.2, 0.25) is 0 Å². The summed E-state index contributed by atoms with van der Waals surface area (Å²) in [6.45, 7) is 14.9. The number of nitrogens with one attached hydrogen (secondary N) is 2. The lowest BCUT2D eigenvalue weighted by Gasteiger charge is -2.29. The summed E-state index contributed by atoms with van der Waals surface area (Å²) >= 11 is 0. The molecule has 0 spiro atoms. The second kappa shape index (κ2) is 16.5. The van der Waals surface area contributed by atoms with Gasteiger partial charge in [0.1, 0.15) is 0 Å². The molecule has 1 aliphatic rings. The van der Waals surface area contributed by atoms with Crippen LogP contribution in [0.1, 0.15) is 70.5 Å². The first-order valence-corrected chi connectivity index (χ1v) is 17.1. The van der Waals surface area contributed by atoms with Gasteiger partial charge in [0.15, 0.2) is 0 Å². The molecule has 1 aromatic heterocycles. The van der Waals surface area contributed by atoms with Gasteiger partial charge < -0.3 is 20.0 Å². The summed E-state index contributed by atoms with van der Waals surface area (Å²) in [7, 11) is 2.09. The van der Waals surface area contributed by atoms with E-state index < -0.39 is 0 Å². The highest BCUT2D eigenvalue weighted by Gasteiger charge is 2.19. The van der Waals surface area contributed by atoms with E-state index in [2.05, 4.69) is 82.2 Å². The van der Waals surface area contributed by atoms with Crippen LogP contribution in [0.25, 0.3) is 11.1 Å². The Kier molecular flexibility index (Phi) is 11.9. The molecule has 0 saturated carbocycles. The minimum atomic E-state index is -0.335. The van der Waals surface area contributed by atoms with Gasteiger partial charge in [-0.05, 0) is 99.8 Å². The van der Waals surface area contributed by atoms with E-state index >= 15 is 0 Å². The van der Waals surface area contributed by atoms with Crippen molar-refractivity contribution >= 4 is 29.1 Å². The molecule has 0 aliphatic carbocycles. The number of aromatic nitrogens is 2. The van der Waals surface area contributed by atoms with Crippen LogP contribution in [0.5, 0.6) is 0 Å². The zero-order valence-corrected chi connectivity index (χ0v) is 29.1. The fourth-order valence-electron chi connectivity index (χ4n) is 6.09. The van der Waals surface area contributed by atoms with Crippen LogP contribution in [-0.4, -0.2) is 77.9 Å². The molecule has 1 fully saturated rings. The van der Waals surface area contributed by atoms with Crippen molar-refractivity contribution in [2.45, 2.75) is 53.5 Å². The molecule has 4 aromatic rings. The highest BCUT2D eigenvalue weighted by molar-refractivity contribution is 6.08. The Morgan fingerprint density at radius 2 is 1.52 bits per heavy atom. The van der Waals surface area contributed by atoms with Crippen LogP contribution in [0.3, 0.4) is 0 Å². The molecule has 0 radical (unpaired) electrons. The van der Waals surface area contributed by atoms with Crippen molar-refractivity contribution in [2.75, 3.05) is 61.8 Å². The number of hydrogen-bond donors (Lipinski definition) is 2. The summed E-state index contributed by atoms with van der Waals surface area (Å²) in [4.78, 5) is 43.1. The average molecular weight is 648 g/mol. The number of benzene rings is 3. The average Bonchev–Trinajstić information content (AvgIpc) is 3.10. The van der Waals surface area contributed by atoms with E-state index in [0.717, 1.165) is 74.5 Å². The molecule has 2 amide bonds. The van der Waals surface area contributed by atoms with Crippen molar-refractivity contribution in [2.24, 2.45) is 0 Å². The van der Waals surface area contributed by atoms with Crippen LogP contribution in [0, 0.1) is 13.8 Å². The Balaban J connectivity index is 1.34. The Bertz CT molecular complexity index is 1700. The van der Waals surface area contributed by atoms with Crippen molar-refractivity contribution in [1.29, 1.82) is 0 Å². The maximum absolute atomic E-state index is 13.8. The molecule has 252 valence electrons. The van der Waals surface area contributed by atoms with Crippen molar-refractivity contribution in [3.63, 3.8) is 0 Å². The molecule has 0 atom stereocenters. The van der Waals surface area contributed by atoms with Crippen molar-refractivity contribution < 1.29 is 9.59 Å². The number of rotatable bonds is 13. The predicted molar refractivity (Wildman–Crippen MR) is 196 cm³/mol. The first-order chi connectivity index (χ1) is 23.2.